The van der Waals surface area contributed by atoms with Crippen LogP contribution < -0.4 is 5.32 Å². The molecule has 116 valence electrons. The van der Waals surface area contributed by atoms with Gasteiger partial charge in [-0.2, -0.15) is 0 Å². The molecule has 0 atom stereocenters. The number of aromatic carboxylic acids is 1. The standard InChI is InChI=1S/C14H17N5O3/c1-2-3-7-16-11(20)9-19-13(10-5-4-6-15-8-10)12(14(21)22)17-18-19/h4-6,8H,2-3,7,9H2,1H3,(H,16,20)(H,21,22). The molecule has 8 heteroatoms. The van der Waals surface area contributed by atoms with Gasteiger partial charge in [0, 0.05) is 24.5 Å². The van der Waals surface area contributed by atoms with Crippen molar-refractivity contribution in [3.05, 3.63) is 30.2 Å². The molecule has 0 unspecified atom stereocenters. The van der Waals surface area contributed by atoms with E-state index in [2.05, 4.69) is 20.6 Å². The van der Waals surface area contributed by atoms with Crippen LogP contribution in [-0.4, -0.2) is 43.5 Å². The molecule has 2 rings (SSSR count). The predicted molar refractivity (Wildman–Crippen MR) is 78.1 cm³/mol. The van der Waals surface area contributed by atoms with E-state index < -0.39 is 5.97 Å². The van der Waals surface area contributed by atoms with Gasteiger partial charge in [0.1, 0.15) is 12.2 Å². The molecule has 8 nitrogen and oxygen atoms in total. The summed E-state index contributed by atoms with van der Waals surface area (Å²) >= 11 is 0. The summed E-state index contributed by atoms with van der Waals surface area (Å²) in [6, 6.07) is 3.38. The number of nitrogens with one attached hydrogen (secondary N) is 1. The first-order chi connectivity index (χ1) is 10.6. The van der Waals surface area contributed by atoms with Crippen molar-refractivity contribution in [2.75, 3.05) is 6.54 Å². The molecule has 0 aliphatic rings. The Kier molecular flexibility index (Phi) is 5.18. The van der Waals surface area contributed by atoms with Crippen molar-refractivity contribution >= 4 is 11.9 Å². The van der Waals surface area contributed by atoms with E-state index in [1.54, 1.807) is 18.3 Å². The Morgan fingerprint density at radius 3 is 2.86 bits per heavy atom. The zero-order chi connectivity index (χ0) is 15.9. The Hall–Kier alpha value is -2.77. The molecule has 2 aromatic heterocycles. The fourth-order valence-electron chi connectivity index (χ4n) is 1.95. The second kappa shape index (κ2) is 7.30. The van der Waals surface area contributed by atoms with Crippen molar-refractivity contribution in [2.45, 2.75) is 26.3 Å². The maximum Gasteiger partial charge on any atom is 0.358 e. The summed E-state index contributed by atoms with van der Waals surface area (Å²) < 4.78 is 1.28. The monoisotopic (exact) mass is 303 g/mol. The Morgan fingerprint density at radius 1 is 1.41 bits per heavy atom. The molecule has 0 aromatic carbocycles. The lowest BCUT2D eigenvalue weighted by Gasteiger charge is -2.07. The van der Waals surface area contributed by atoms with E-state index in [0.29, 0.717) is 12.1 Å². The largest absolute Gasteiger partial charge is 0.476 e. The van der Waals surface area contributed by atoms with Crippen LogP contribution in [0.25, 0.3) is 11.3 Å². The third-order valence-corrected chi connectivity index (χ3v) is 3.02. The lowest BCUT2D eigenvalue weighted by molar-refractivity contribution is -0.121. The molecule has 0 saturated heterocycles. The number of amides is 1. The van der Waals surface area contributed by atoms with Gasteiger partial charge in [-0.25, -0.2) is 9.48 Å². The minimum absolute atomic E-state index is 0.0891. The van der Waals surface area contributed by atoms with Crippen molar-refractivity contribution in [3.63, 3.8) is 0 Å². The summed E-state index contributed by atoms with van der Waals surface area (Å²) in [6.45, 7) is 2.52. The number of nitrogens with zero attached hydrogens (tertiary/aromatic N) is 4. The molecule has 0 aliphatic heterocycles. The quantitative estimate of drug-likeness (QED) is 0.737. The van der Waals surface area contributed by atoms with Gasteiger partial charge in [0.15, 0.2) is 5.69 Å². The van der Waals surface area contributed by atoms with E-state index >= 15 is 0 Å². The van der Waals surface area contributed by atoms with Crippen LogP contribution in [0.1, 0.15) is 30.3 Å². The third kappa shape index (κ3) is 3.66. The van der Waals surface area contributed by atoms with Gasteiger partial charge in [0.25, 0.3) is 0 Å². The van der Waals surface area contributed by atoms with E-state index in [-0.39, 0.29) is 23.8 Å². The highest BCUT2D eigenvalue weighted by Crippen LogP contribution is 2.21. The van der Waals surface area contributed by atoms with Crippen LogP contribution in [0.3, 0.4) is 0 Å². The summed E-state index contributed by atoms with van der Waals surface area (Å²) in [5.41, 5.74) is 0.617. The van der Waals surface area contributed by atoms with Crippen LogP contribution in [0.4, 0.5) is 0 Å². The molecule has 2 N–H and O–H groups in total. The highest BCUT2D eigenvalue weighted by Gasteiger charge is 2.21. The van der Waals surface area contributed by atoms with Crippen molar-refractivity contribution in [1.82, 2.24) is 25.3 Å². The number of aromatic nitrogens is 4. The molecule has 2 heterocycles. The molecule has 0 spiro atoms. The molecule has 0 radical (unpaired) electrons. The van der Waals surface area contributed by atoms with Crippen LogP contribution in [0, 0.1) is 0 Å². The minimum atomic E-state index is -1.20. The summed E-state index contributed by atoms with van der Waals surface area (Å²) in [5.74, 6) is -1.43. The summed E-state index contributed by atoms with van der Waals surface area (Å²) in [6.07, 6.45) is 4.96. The van der Waals surface area contributed by atoms with Gasteiger partial charge in [-0.15, -0.1) is 5.10 Å². The fourth-order valence-corrected chi connectivity index (χ4v) is 1.95. The highest BCUT2D eigenvalue weighted by molar-refractivity contribution is 5.92. The highest BCUT2D eigenvalue weighted by atomic mass is 16.4. The Balaban J connectivity index is 2.25. The molecule has 22 heavy (non-hydrogen) atoms. The zero-order valence-corrected chi connectivity index (χ0v) is 12.2. The first-order valence-electron chi connectivity index (χ1n) is 6.97. The number of carbonyl (C=O) groups is 2. The van der Waals surface area contributed by atoms with Crippen molar-refractivity contribution < 1.29 is 14.7 Å². The van der Waals surface area contributed by atoms with E-state index in [0.717, 1.165) is 12.8 Å². The van der Waals surface area contributed by atoms with Crippen LogP contribution >= 0.6 is 0 Å². The van der Waals surface area contributed by atoms with Gasteiger partial charge in [0.2, 0.25) is 5.91 Å². The van der Waals surface area contributed by atoms with Gasteiger partial charge in [0.05, 0.1) is 0 Å². The van der Waals surface area contributed by atoms with Gasteiger partial charge in [-0.05, 0) is 18.6 Å². The molecule has 0 aliphatic carbocycles. The topological polar surface area (TPSA) is 110 Å². The van der Waals surface area contributed by atoms with Gasteiger partial charge >= 0.3 is 5.97 Å². The van der Waals surface area contributed by atoms with Crippen LogP contribution in [0.5, 0.6) is 0 Å². The SMILES string of the molecule is CCCCNC(=O)Cn1nnc(C(=O)O)c1-c1cccnc1. The average Bonchev–Trinajstić information content (AvgIpc) is 2.92. The number of pyridine rings is 1. The maximum absolute atomic E-state index is 11.9. The number of carboxylic acid groups (broad SMARTS) is 1. The number of rotatable bonds is 7. The first kappa shape index (κ1) is 15.6. The summed E-state index contributed by atoms with van der Waals surface area (Å²) in [7, 11) is 0. The molecule has 0 bridgehead atoms. The Labute approximate surface area is 127 Å². The van der Waals surface area contributed by atoms with Gasteiger partial charge in [-0.1, -0.05) is 18.6 Å². The Morgan fingerprint density at radius 2 is 2.23 bits per heavy atom. The molecule has 0 fully saturated rings. The number of carboxylic acids is 1. The second-order valence-corrected chi connectivity index (χ2v) is 4.69. The van der Waals surface area contributed by atoms with Crippen molar-refractivity contribution in [1.29, 1.82) is 0 Å². The van der Waals surface area contributed by atoms with E-state index in [9.17, 15) is 14.7 Å². The Bertz CT molecular complexity index is 654. The van der Waals surface area contributed by atoms with Crippen LogP contribution in [-0.2, 0) is 11.3 Å². The number of unbranched alkanes of at least 4 members (excludes halogenated alkanes) is 1. The summed E-state index contributed by atoms with van der Waals surface area (Å²) in [4.78, 5) is 27.1. The predicted octanol–water partition coefficient (Wildman–Crippen LogP) is 0.955. The molecular formula is C14H17N5O3. The smallest absolute Gasteiger partial charge is 0.358 e. The molecule has 2 aromatic rings. The molecule has 0 saturated carbocycles. The first-order valence-corrected chi connectivity index (χ1v) is 6.97. The lowest BCUT2D eigenvalue weighted by Crippen LogP contribution is -2.29. The van der Waals surface area contributed by atoms with E-state index in [1.807, 2.05) is 6.92 Å². The maximum atomic E-state index is 11.9. The van der Waals surface area contributed by atoms with Gasteiger partial charge in [-0.3, -0.25) is 9.78 Å². The number of carbonyl (C=O) groups excluding carboxylic acids is 1. The summed E-state index contributed by atoms with van der Waals surface area (Å²) in [5, 5.41) is 19.4. The van der Waals surface area contributed by atoms with Crippen molar-refractivity contribution in [3.8, 4) is 11.3 Å². The minimum Gasteiger partial charge on any atom is -0.476 e. The van der Waals surface area contributed by atoms with Crippen LogP contribution in [0.2, 0.25) is 0 Å². The molecular weight excluding hydrogens is 286 g/mol. The molecule has 1 amide bonds. The zero-order valence-electron chi connectivity index (χ0n) is 12.2. The average molecular weight is 303 g/mol. The third-order valence-electron chi connectivity index (χ3n) is 3.02. The van der Waals surface area contributed by atoms with Gasteiger partial charge < -0.3 is 10.4 Å². The normalized spacial score (nSPS) is 10.4. The lowest BCUT2D eigenvalue weighted by atomic mass is 10.1. The van der Waals surface area contributed by atoms with Crippen molar-refractivity contribution in [2.24, 2.45) is 0 Å². The fraction of sp³-hybridized carbons (Fsp3) is 0.357. The number of hydrogen-bond acceptors (Lipinski definition) is 5. The van der Waals surface area contributed by atoms with Crippen LogP contribution in [0.15, 0.2) is 24.5 Å². The second-order valence-electron chi connectivity index (χ2n) is 4.69. The number of hydrogen-bond donors (Lipinski definition) is 2. The van der Waals surface area contributed by atoms with E-state index in [1.165, 1.54) is 10.9 Å². The van der Waals surface area contributed by atoms with E-state index in [4.69, 9.17) is 0 Å².